The van der Waals surface area contributed by atoms with Crippen molar-refractivity contribution in [1.29, 1.82) is 0 Å². The molecule has 1 aromatic heterocycles. The second-order valence-electron chi connectivity index (χ2n) is 6.91. The number of thiophene rings is 1. The van der Waals surface area contributed by atoms with Crippen molar-refractivity contribution < 1.29 is 23.9 Å². The van der Waals surface area contributed by atoms with Gasteiger partial charge in [0.15, 0.2) is 6.61 Å². The highest BCUT2D eigenvalue weighted by atomic mass is 35.5. The summed E-state index contributed by atoms with van der Waals surface area (Å²) in [5.74, 6) is -1.15. The maximum Gasteiger partial charge on any atom is 0.341 e. The number of anilines is 2. The standard InChI is InChI=1S/C23H20Cl2N2O5S/c1-12-16(25)5-4-6-17(12)26-21(29)20-13(2)19(23(30)31-3)22(33-20)27-18(28)11-32-15-9-7-14(24)8-10-15/h4-10H,11H2,1-3H3,(H,26,29)(H,27,28). The molecule has 0 bridgehead atoms. The Balaban J connectivity index is 1.81. The van der Waals surface area contributed by atoms with Crippen molar-refractivity contribution in [1.82, 2.24) is 0 Å². The predicted molar refractivity (Wildman–Crippen MR) is 130 cm³/mol. The quantitative estimate of drug-likeness (QED) is 0.399. The van der Waals surface area contributed by atoms with Gasteiger partial charge < -0.3 is 20.1 Å². The first-order valence-electron chi connectivity index (χ1n) is 9.67. The second-order valence-corrected chi connectivity index (χ2v) is 8.77. The summed E-state index contributed by atoms with van der Waals surface area (Å²) in [4.78, 5) is 38.0. The molecular formula is C23H20Cl2N2O5S. The third-order valence-corrected chi connectivity index (χ3v) is 6.56. The van der Waals surface area contributed by atoms with Gasteiger partial charge in [-0.1, -0.05) is 29.3 Å². The number of esters is 1. The maximum absolute atomic E-state index is 13.0. The van der Waals surface area contributed by atoms with Crippen molar-refractivity contribution in [2.45, 2.75) is 13.8 Å². The lowest BCUT2D eigenvalue weighted by molar-refractivity contribution is -0.118. The molecule has 0 fully saturated rings. The molecule has 2 amide bonds. The summed E-state index contributed by atoms with van der Waals surface area (Å²) in [5.41, 5.74) is 1.75. The SMILES string of the molecule is COC(=O)c1c(NC(=O)COc2ccc(Cl)cc2)sc(C(=O)Nc2cccc(Cl)c2C)c1C. The zero-order valence-corrected chi connectivity index (χ0v) is 20.3. The van der Waals surface area contributed by atoms with Crippen molar-refractivity contribution in [2.75, 3.05) is 24.4 Å². The summed E-state index contributed by atoms with van der Waals surface area (Å²) < 4.78 is 10.3. The number of ether oxygens (including phenoxy) is 2. The van der Waals surface area contributed by atoms with E-state index < -0.39 is 17.8 Å². The molecule has 3 rings (SSSR count). The third-order valence-electron chi connectivity index (χ3n) is 4.69. The minimum Gasteiger partial charge on any atom is -0.484 e. The predicted octanol–water partition coefficient (Wildman–Crippen LogP) is 5.73. The average Bonchev–Trinajstić information content (AvgIpc) is 3.11. The van der Waals surface area contributed by atoms with Crippen LogP contribution in [0.25, 0.3) is 0 Å². The lowest BCUT2D eigenvalue weighted by Crippen LogP contribution is -2.21. The lowest BCUT2D eigenvalue weighted by atomic mass is 10.1. The van der Waals surface area contributed by atoms with Gasteiger partial charge in [-0.25, -0.2) is 4.79 Å². The van der Waals surface area contributed by atoms with E-state index in [1.54, 1.807) is 56.3 Å². The topological polar surface area (TPSA) is 93.7 Å². The molecule has 0 aliphatic rings. The van der Waals surface area contributed by atoms with Crippen LogP contribution in [0.5, 0.6) is 5.75 Å². The fourth-order valence-electron chi connectivity index (χ4n) is 2.93. The first-order chi connectivity index (χ1) is 15.7. The van der Waals surface area contributed by atoms with Crippen LogP contribution in [-0.2, 0) is 9.53 Å². The van der Waals surface area contributed by atoms with Gasteiger partial charge in [-0.05, 0) is 61.4 Å². The number of methoxy groups -OCH3 is 1. The molecule has 2 N–H and O–H groups in total. The number of amides is 2. The largest absolute Gasteiger partial charge is 0.484 e. The van der Waals surface area contributed by atoms with Crippen molar-refractivity contribution in [2.24, 2.45) is 0 Å². The number of halogens is 2. The molecule has 0 aliphatic carbocycles. The number of nitrogens with one attached hydrogen (secondary N) is 2. The summed E-state index contributed by atoms with van der Waals surface area (Å²) in [6, 6.07) is 11.7. The minimum atomic E-state index is -0.671. The van der Waals surface area contributed by atoms with Crippen LogP contribution in [-0.4, -0.2) is 31.5 Å². The number of carbonyl (C=O) groups is 3. The van der Waals surface area contributed by atoms with Crippen molar-refractivity contribution in [3.05, 3.63) is 74.1 Å². The van der Waals surface area contributed by atoms with E-state index in [2.05, 4.69) is 10.6 Å². The van der Waals surface area contributed by atoms with Crippen molar-refractivity contribution >= 4 is 63.0 Å². The van der Waals surface area contributed by atoms with E-state index in [1.807, 2.05) is 0 Å². The van der Waals surface area contributed by atoms with E-state index in [4.69, 9.17) is 32.7 Å². The van der Waals surface area contributed by atoms with Crippen molar-refractivity contribution in [3.8, 4) is 5.75 Å². The van der Waals surface area contributed by atoms with Gasteiger partial charge in [0.25, 0.3) is 11.8 Å². The van der Waals surface area contributed by atoms with E-state index in [0.29, 0.717) is 32.6 Å². The Labute approximate surface area is 204 Å². The molecule has 1 heterocycles. The van der Waals surface area contributed by atoms with Crippen LogP contribution < -0.4 is 15.4 Å². The number of carbonyl (C=O) groups excluding carboxylic acids is 3. The van der Waals surface area contributed by atoms with E-state index in [9.17, 15) is 14.4 Å². The smallest absolute Gasteiger partial charge is 0.341 e. The maximum atomic E-state index is 13.0. The number of hydrogen-bond acceptors (Lipinski definition) is 6. The highest BCUT2D eigenvalue weighted by Gasteiger charge is 2.26. The molecule has 7 nitrogen and oxygen atoms in total. The summed E-state index contributed by atoms with van der Waals surface area (Å²) in [6.45, 7) is 3.09. The molecule has 0 spiro atoms. The lowest BCUT2D eigenvalue weighted by Gasteiger charge is -2.09. The normalized spacial score (nSPS) is 10.5. The van der Waals surface area contributed by atoms with Gasteiger partial charge in [-0.3, -0.25) is 9.59 Å². The summed E-state index contributed by atoms with van der Waals surface area (Å²) in [6.07, 6.45) is 0. The van der Waals surface area contributed by atoms with Crippen LogP contribution in [0.3, 0.4) is 0 Å². The van der Waals surface area contributed by atoms with Gasteiger partial charge in [0, 0.05) is 15.7 Å². The molecule has 0 unspecified atom stereocenters. The molecule has 33 heavy (non-hydrogen) atoms. The number of hydrogen-bond donors (Lipinski definition) is 2. The third kappa shape index (κ3) is 5.84. The van der Waals surface area contributed by atoms with Crippen LogP contribution >= 0.6 is 34.5 Å². The minimum absolute atomic E-state index is 0.107. The van der Waals surface area contributed by atoms with Gasteiger partial charge in [0.05, 0.1) is 17.6 Å². The molecular weight excluding hydrogens is 487 g/mol. The summed E-state index contributed by atoms with van der Waals surface area (Å²) in [5, 5.41) is 6.68. The molecule has 0 aliphatic heterocycles. The monoisotopic (exact) mass is 506 g/mol. The van der Waals surface area contributed by atoms with Crippen molar-refractivity contribution in [3.63, 3.8) is 0 Å². The van der Waals surface area contributed by atoms with Gasteiger partial charge in [0.1, 0.15) is 10.8 Å². The molecule has 172 valence electrons. The van der Waals surface area contributed by atoms with E-state index in [1.165, 1.54) is 7.11 Å². The zero-order valence-electron chi connectivity index (χ0n) is 18.0. The van der Waals surface area contributed by atoms with E-state index in [-0.39, 0.29) is 22.0 Å². The first kappa shape index (κ1) is 24.6. The molecule has 0 saturated heterocycles. The summed E-state index contributed by atoms with van der Waals surface area (Å²) in [7, 11) is 1.23. The molecule has 3 aromatic rings. The fourth-order valence-corrected chi connectivity index (χ4v) is 4.34. The first-order valence-corrected chi connectivity index (χ1v) is 11.2. The van der Waals surface area contributed by atoms with Crippen LogP contribution in [0.4, 0.5) is 10.7 Å². The van der Waals surface area contributed by atoms with Gasteiger partial charge in [-0.15, -0.1) is 11.3 Å². The van der Waals surface area contributed by atoms with Crippen LogP contribution in [0.1, 0.15) is 31.2 Å². The fraction of sp³-hybridized carbons (Fsp3) is 0.174. The summed E-state index contributed by atoms with van der Waals surface area (Å²) >= 11 is 12.9. The highest BCUT2D eigenvalue weighted by molar-refractivity contribution is 7.19. The Kier molecular flexibility index (Phi) is 7.97. The van der Waals surface area contributed by atoms with Gasteiger partial charge in [0.2, 0.25) is 0 Å². The Hall–Kier alpha value is -3.07. The van der Waals surface area contributed by atoms with E-state index in [0.717, 1.165) is 11.3 Å². The molecule has 10 heteroatoms. The number of rotatable bonds is 7. The van der Waals surface area contributed by atoms with Gasteiger partial charge >= 0.3 is 5.97 Å². The Morgan fingerprint density at radius 2 is 1.67 bits per heavy atom. The van der Waals surface area contributed by atoms with E-state index >= 15 is 0 Å². The highest BCUT2D eigenvalue weighted by Crippen LogP contribution is 2.35. The van der Waals surface area contributed by atoms with Crippen LogP contribution in [0.15, 0.2) is 42.5 Å². The molecule has 0 radical (unpaired) electrons. The van der Waals surface area contributed by atoms with Gasteiger partial charge in [-0.2, -0.15) is 0 Å². The Morgan fingerprint density at radius 3 is 2.33 bits per heavy atom. The number of benzene rings is 2. The average molecular weight is 507 g/mol. The zero-order chi connectivity index (χ0) is 24.1. The Morgan fingerprint density at radius 1 is 0.970 bits per heavy atom. The second kappa shape index (κ2) is 10.7. The van der Waals surface area contributed by atoms with Crippen LogP contribution in [0, 0.1) is 13.8 Å². The molecule has 0 saturated carbocycles. The Bertz CT molecular complexity index is 1210. The van der Waals surface area contributed by atoms with Crippen LogP contribution in [0.2, 0.25) is 10.0 Å². The molecule has 2 aromatic carbocycles. The molecule has 0 atom stereocenters.